The number of halogens is 1. The van der Waals surface area contributed by atoms with E-state index in [4.69, 9.17) is 25.5 Å². The number of hydrogen-bond acceptors (Lipinski definition) is 6. The van der Waals surface area contributed by atoms with Crippen LogP contribution in [0.1, 0.15) is 0 Å². The van der Waals surface area contributed by atoms with Crippen molar-refractivity contribution in [1.82, 2.24) is 0 Å². The molecule has 5 rings (SSSR count). The predicted molar refractivity (Wildman–Crippen MR) is 111 cm³/mol. The lowest BCUT2D eigenvalue weighted by Crippen LogP contribution is -2.15. The molecule has 1 aromatic heterocycles. The maximum Gasteiger partial charge on any atom is 0.239 e. The fraction of sp³-hybridized carbons (Fsp3) is 0.0455. The van der Waals surface area contributed by atoms with Crippen LogP contribution in [0.4, 0.5) is 5.69 Å². The Labute approximate surface area is 176 Å². The lowest BCUT2D eigenvalue weighted by atomic mass is 10.2. The van der Waals surface area contributed by atoms with E-state index < -0.39 is 9.84 Å². The second-order valence-corrected chi connectivity index (χ2v) is 8.92. The summed E-state index contributed by atoms with van der Waals surface area (Å²) in [5, 5.41) is 1.03. The summed E-state index contributed by atoms with van der Waals surface area (Å²) in [5.74, 6) is 1.15. The summed E-state index contributed by atoms with van der Waals surface area (Å²) in [6, 6.07) is 19.7. The Bertz CT molecular complexity index is 1450. The first-order chi connectivity index (χ1) is 14.5. The molecule has 4 aromatic rings. The van der Waals surface area contributed by atoms with Gasteiger partial charge in [0.2, 0.25) is 22.2 Å². The fourth-order valence-electron chi connectivity index (χ4n) is 3.15. The first-order valence-corrected chi connectivity index (χ1v) is 10.8. The molecule has 0 saturated carbocycles. The van der Waals surface area contributed by atoms with E-state index in [-0.39, 0.29) is 22.1 Å². The molecule has 3 aromatic carbocycles. The van der Waals surface area contributed by atoms with E-state index >= 15 is 0 Å². The molecule has 150 valence electrons. The molecule has 0 radical (unpaired) electrons. The Balaban J connectivity index is 1.78. The molecule has 0 aliphatic carbocycles. The monoisotopic (exact) mass is 439 g/mol. The average Bonchev–Trinajstić information content (AvgIpc) is 3.22. The maximum absolute atomic E-state index is 13.4. The van der Waals surface area contributed by atoms with Crippen LogP contribution in [0.2, 0.25) is 5.02 Å². The second kappa shape index (κ2) is 7.19. The third kappa shape index (κ3) is 3.32. The average molecular weight is 440 g/mol. The van der Waals surface area contributed by atoms with Gasteiger partial charge in [-0.1, -0.05) is 29.8 Å². The number of hydrogen-bond donors (Lipinski definition) is 0. The predicted octanol–water partition coefficient (Wildman–Crippen LogP) is 4.88. The summed E-state index contributed by atoms with van der Waals surface area (Å²) >= 11 is 6.09. The van der Waals surface area contributed by atoms with Crippen LogP contribution in [0.5, 0.6) is 11.5 Å². The van der Waals surface area contributed by atoms with Gasteiger partial charge in [0, 0.05) is 16.5 Å². The van der Waals surface area contributed by atoms with Crippen molar-refractivity contribution in [1.29, 1.82) is 0 Å². The van der Waals surface area contributed by atoms with Gasteiger partial charge in [-0.05, 0) is 48.5 Å². The van der Waals surface area contributed by atoms with Gasteiger partial charge in [-0.2, -0.15) is 0 Å². The highest BCUT2D eigenvalue weighted by Crippen LogP contribution is 2.35. The third-order valence-corrected chi connectivity index (χ3v) is 6.61. The summed E-state index contributed by atoms with van der Waals surface area (Å²) in [5.41, 5.74) is 0.902. The molecule has 6 nitrogen and oxygen atoms in total. The SMILES string of the molecule is O=S(=O)(c1ccccc1)c1cc2cc(Cl)ccc2oc1=Nc1ccc2c(c1)OCO2. The highest BCUT2D eigenvalue weighted by molar-refractivity contribution is 7.91. The Morgan fingerprint density at radius 1 is 0.867 bits per heavy atom. The summed E-state index contributed by atoms with van der Waals surface area (Å²) in [4.78, 5) is 4.56. The number of rotatable bonds is 3. The van der Waals surface area contributed by atoms with E-state index in [1.54, 1.807) is 54.6 Å². The molecule has 0 atom stereocenters. The van der Waals surface area contributed by atoms with Crippen molar-refractivity contribution in [2.45, 2.75) is 9.79 Å². The summed E-state index contributed by atoms with van der Waals surface area (Å²) in [6.07, 6.45) is 0. The van der Waals surface area contributed by atoms with Gasteiger partial charge in [0.05, 0.1) is 10.6 Å². The van der Waals surface area contributed by atoms with Gasteiger partial charge in [0.1, 0.15) is 10.5 Å². The number of sulfone groups is 1. The fourth-order valence-corrected chi connectivity index (χ4v) is 4.70. The van der Waals surface area contributed by atoms with E-state index in [1.165, 1.54) is 18.2 Å². The molecule has 30 heavy (non-hydrogen) atoms. The number of nitrogens with zero attached hydrogens (tertiary/aromatic N) is 1. The Morgan fingerprint density at radius 3 is 2.50 bits per heavy atom. The van der Waals surface area contributed by atoms with Crippen LogP contribution in [0.15, 0.2) is 92.0 Å². The molecular weight excluding hydrogens is 426 g/mol. The zero-order valence-corrected chi connectivity index (χ0v) is 17.0. The molecule has 2 heterocycles. The Hall–Kier alpha value is -3.29. The molecule has 0 N–H and O–H groups in total. The number of ether oxygens (including phenoxy) is 2. The molecular formula is C22H14ClNO5S. The Morgan fingerprint density at radius 2 is 1.67 bits per heavy atom. The van der Waals surface area contributed by atoms with E-state index in [0.717, 1.165) is 0 Å². The highest BCUT2D eigenvalue weighted by atomic mass is 35.5. The molecule has 0 spiro atoms. The van der Waals surface area contributed by atoms with E-state index in [9.17, 15) is 8.42 Å². The summed E-state index contributed by atoms with van der Waals surface area (Å²) < 4.78 is 43.3. The Kier molecular flexibility index (Phi) is 4.49. The van der Waals surface area contributed by atoms with Crippen LogP contribution in [0.3, 0.4) is 0 Å². The molecule has 8 heteroatoms. The van der Waals surface area contributed by atoms with Gasteiger partial charge < -0.3 is 13.9 Å². The van der Waals surface area contributed by atoms with Crippen LogP contribution in [0.25, 0.3) is 11.0 Å². The molecule has 0 amide bonds. The smallest absolute Gasteiger partial charge is 0.239 e. The number of fused-ring (bicyclic) bond motifs is 2. The topological polar surface area (TPSA) is 78.1 Å². The lowest BCUT2D eigenvalue weighted by molar-refractivity contribution is 0.174. The second-order valence-electron chi connectivity index (χ2n) is 6.56. The molecule has 0 fully saturated rings. The van der Waals surface area contributed by atoms with Gasteiger partial charge >= 0.3 is 0 Å². The van der Waals surface area contributed by atoms with Crippen LogP contribution >= 0.6 is 11.6 Å². The van der Waals surface area contributed by atoms with Gasteiger partial charge in [0.15, 0.2) is 11.5 Å². The standard InChI is InChI=1S/C22H14ClNO5S/c23-15-6-8-18-14(10-15)11-21(30(25,26)17-4-2-1-3-5-17)22(29-18)24-16-7-9-19-20(12-16)28-13-27-19/h1-12H,13H2. The van der Waals surface area contributed by atoms with Crippen molar-refractivity contribution in [3.8, 4) is 11.5 Å². The van der Waals surface area contributed by atoms with E-state index in [1.807, 2.05) is 0 Å². The zero-order chi connectivity index (χ0) is 20.7. The minimum Gasteiger partial charge on any atom is -0.454 e. The van der Waals surface area contributed by atoms with Crippen LogP contribution < -0.4 is 15.0 Å². The number of benzene rings is 3. The minimum atomic E-state index is -3.89. The molecule has 0 unspecified atom stereocenters. The van der Waals surface area contributed by atoms with Gasteiger partial charge in [0.25, 0.3) is 0 Å². The molecule has 0 saturated heterocycles. The zero-order valence-electron chi connectivity index (χ0n) is 15.4. The largest absolute Gasteiger partial charge is 0.454 e. The van der Waals surface area contributed by atoms with Crippen molar-refractivity contribution in [2.75, 3.05) is 6.79 Å². The lowest BCUT2D eigenvalue weighted by Gasteiger charge is -2.07. The third-order valence-electron chi connectivity index (χ3n) is 4.61. The quantitative estimate of drug-likeness (QED) is 0.454. The molecule has 1 aliphatic rings. The maximum atomic E-state index is 13.4. The van der Waals surface area contributed by atoms with Crippen molar-refractivity contribution in [2.24, 2.45) is 4.99 Å². The summed E-state index contributed by atoms with van der Waals surface area (Å²) in [7, 11) is -3.89. The highest BCUT2D eigenvalue weighted by Gasteiger charge is 2.22. The van der Waals surface area contributed by atoms with Gasteiger partial charge in [-0.25, -0.2) is 13.4 Å². The van der Waals surface area contributed by atoms with Crippen molar-refractivity contribution >= 4 is 38.1 Å². The van der Waals surface area contributed by atoms with Crippen LogP contribution in [-0.4, -0.2) is 15.2 Å². The first kappa shape index (κ1) is 18.7. The van der Waals surface area contributed by atoms with E-state index in [2.05, 4.69) is 4.99 Å². The summed E-state index contributed by atoms with van der Waals surface area (Å²) in [6.45, 7) is 0.132. The van der Waals surface area contributed by atoms with Crippen LogP contribution in [-0.2, 0) is 9.84 Å². The minimum absolute atomic E-state index is 0.0347. The molecule has 1 aliphatic heterocycles. The van der Waals surface area contributed by atoms with Gasteiger partial charge in [-0.15, -0.1) is 0 Å². The normalized spacial score (nSPS) is 13.7. The van der Waals surface area contributed by atoms with Crippen molar-refractivity contribution < 1.29 is 22.3 Å². The van der Waals surface area contributed by atoms with E-state index in [0.29, 0.717) is 33.2 Å². The molecule has 0 bridgehead atoms. The van der Waals surface area contributed by atoms with Gasteiger partial charge in [-0.3, -0.25) is 0 Å². The van der Waals surface area contributed by atoms with Crippen LogP contribution in [0, 0.1) is 0 Å². The first-order valence-electron chi connectivity index (χ1n) is 8.99. The van der Waals surface area contributed by atoms with Crippen molar-refractivity contribution in [3.05, 3.63) is 83.4 Å². The van der Waals surface area contributed by atoms with Crippen molar-refractivity contribution in [3.63, 3.8) is 0 Å².